The van der Waals surface area contributed by atoms with Crippen molar-refractivity contribution in [1.82, 2.24) is 9.78 Å². The molecule has 0 atom stereocenters. The maximum absolute atomic E-state index is 13.7. The Balaban J connectivity index is 2.04. The zero-order valence-corrected chi connectivity index (χ0v) is 13.6. The van der Waals surface area contributed by atoms with Gasteiger partial charge in [-0.25, -0.2) is 8.78 Å². The Morgan fingerprint density at radius 2 is 1.81 bits per heavy atom. The molecule has 0 bridgehead atoms. The predicted molar refractivity (Wildman–Crippen MR) is 90.7 cm³/mol. The molecule has 0 saturated heterocycles. The zero-order chi connectivity index (χ0) is 18.7. The van der Waals surface area contributed by atoms with Crippen LogP contribution in [-0.2, 0) is 0 Å². The van der Waals surface area contributed by atoms with Gasteiger partial charge < -0.3 is 10.1 Å². The topological polar surface area (TPSA) is 73.2 Å². The molecule has 0 fully saturated rings. The van der Waals surface area contributed by atoms with E-state index in [0.717, 1.165) is 22.9 Å². The Kier molecular flexibility index (Phi) is 4.74. The molecule has 0 aliphatic heterocycles. The molecule has 1 N–H and O–H groups in total. The molecule has 0 radical (unpaired) electrons. The van der Waals surface area contributed by atoms with Gasteiger partial charge in [0.1, 0.15) is 11.6 Å². The first-order chi connectivity index (χ1) is 12.5. The molecule has 132 valence electrons. The Hall–Kier alpha value is -3.55. The number of benzene rings is 2. The van der Waals surface area contributed by atoms with Crippen molar-refractivity contribution in [2.45, 2.75) is 0 Å². The van der Waals surface area contributed by atoms with Crippen LogP contribution in [0, 0.1) is 11.6 Å². The predicted octanol–water partition coefficient (Wildman–Crippen LogP) is 2.77. The monoisotopic (exact) mass is 357 g/mol. The Labute approximate surface area is 146 Å². The molecule has 0 aliphatic rings. The minimum atomic E-state index is -0.761. The lowest BCUT2D eigenvalue weighted by atomic mass is 10.2. The van der Waals surface area contributed by atoms with E-state index in [1.165, 1.54) is 37.4 Å². The van der Waals surface area contributed by atoms with Crippen molar-refractivity contribution >= 4 is 11.6 Å². The number of anilines is 1. The highest BCUT2D eigenvalue weighted by atomic mass is 19.1. The second-order valence-corrected chi connectivity index (χ2v) is 5.22. The zero-order valence-electron chi connectivity index (χ0n) is 13.6. The van der Waals surface area contributed by atoms with Crippen LogP contribution in [0.5, 0.6) is 5.75 Å². The fourth-order valence-electron chi connectivity index (χ4n) is 2.26. The van der Waals surface area contributed by atoms with Crippen molar-refractivity contribution in [2.75, 3.05) is 12.4 Å². The van der Waals surface area contributed by atoms with E-state index in [-0.39, 0.29) is 22.8 Å². The summed E-state index contributed by atoms with van der Waals surface area (Å²) >= 11 is 0. The minimum Gasteiger partial charge on any atom is -0.494 e. The molecule has 3 rings (SSSR count). The molecule has 0 spiro atoms. The maximum Gasteiger partial charge on any atom is 0.280 e. The molecule has 1 aromatic heterocycles. The average molecular weight is 357 g/mol. The highest BCUT2D eigenvalue weighted by molar-refractivity contribution is 6.04. The number of aromatic nitrogens is 2. The van der Waals surface area contributed by atoms with Crippen LogP contribution in [0.4, 0.5) is 14.5 Å². The number of amides is 1. The van der Waals surface area contributed by atoms with Crippen LogP contribution in [0.25, 0.3) is 5.69 Å². The van der Waals surface area contributed by atoms with Crippen LogP contribution in [0.15, 0.2) is 59.4 Å². The average Bonchev–Trinajstić information content (AvgIpc) is 2.64. The number of nitrogens with zero attached hydrogens (tertiary/aromatic N) is 2. The fourth-order valence-corrected chi connectivity index (χ4v) is 2.26. The molecule has 3 aromatic rings. The molecule has 1 amide bonds. The quantitative estimate of drug-likeness (QED) is 0.779. The van der Waals surface area contributed by atoms with Crippen molar-refractivity contribution in [3.05, 3.63) is 82.3 Å². The summed E-state index contributed by atoms with van der Waals surface area (Å²) in [5.74, 6) is -1.93. The molecule has 0 saturated carbocycles. The van der Waals surface area contributed by atoms with E-state index in [2.05, 4.69) is 10.4 Å². The van der Waals surface area contributed by atoms with E-state index in [1.807, 2.05) is 0 Å². The van der Waals surface area contributed by atoms with E-state index in [4.69, 9.17) is 4.74 Å². The van der Waals surface area contributed by atoms with Gasteiger partial charge in [0, 0.05) is 0 Å². The van der Waals surface area contributed by atoms with E-state index < -0.39 is 23.1 Å². The standard InChI is InChI=1S/C18H13F2N3O3/c1-26-15-10-16(24)23(12-8-6-11(19)7-9-12)22-17(15)18(25)21-14-5-3-2-4-13(14)20/h2-10H,1H3,(H,21,25). The Bertz CT molecular complexity index is 1020. The first-order valence-electron chi connectivity index (χ1n) is 7.50. The van der Waals surface area contributed by atoms with Gasteiger partial charge in [0.2, 0.25) is 0 Å². The van der Waals surface area contributed by atoms with Crippen LogP contribution < -0.4 is 15.6 Å². The van der Waals surface area contributed by atoms with Crippen LogP contribution >= 0.6 is 0 Å². The summed E-state index contributed by atoms with van der Waals surface area (Å²) in [7, 11) is 1.28. The summed E-state index contributed by atoms with van der Waals surface area (Å²) < 4.78 is 32.8. The number of nitrogens with one attached hydrogen (secondary N) is 1. The van der Waals surface area contributed by atoms with Crippen LogP contribution in [0.3, 0.4) is 0 Å². The first kappa shape index (κ1) is 17.3. The van der Waals surface area contributed by atoms with Crippen LogP contribution in [0.2, 0.25) is 0 Å². The van der Waals surface area contributed by atoms with Gasteiger partial charge in [-0.3, -0.25) is 9.59 Å². The van der Waals surface area contributed by atoms with Gasteiger partial charge in [0.05, 0.1) is 24.6 Å². The normalized spacial score (nSPS) is 10.4. The van der Waals surface area contributed by atoms with Gasteiger partial charge in [-0.15, -0.1) is 0 Å². The summed E-state index contributed by atoms with van der Waals surface area (Å²) in [4.78, 5) is 24.7. The number of carbonyl (C=O) groups is 1. The summed E-state index contributed by atoms with van der Waals surface area (Å²) in [6, 6.07) is 11.7. The Morgan fingerprint density at radius 1 is 1.12 bits per heavy atom. The SMILES string of the molecule is COc1cc(=O)n(-c2ccc(F)cc2)nc1C(=O)Nc1ccccc1F. The summed E-state index contributed by atoms with van der Waals surface area (Å²) in [6.45, 7) is 0. The highest BCUT2D eigenvalue weighted by Gasteiger charge is 2.19. The van der Waals surface area contributed by atoms with Gasteiger partial charge in [-0.2, -0.15) is 9.78 Å². The van der Waals surface area contributed by atoms with E-state index >= 15 is 0 Å². The number of hydrogen-bond acceptors (Lipinski definition) is 4. The minimum absolute atomic E-state index is 0.0408. The lowest BCUT2D eigenvalue weighted by Crippen LogP contribution is -2.26. The van der Waals surface area contributed by atoms with Gasteiger partial charge in [0.15, 0.2) is 11.4 Å². The molecular formula is C18H13F2N3O3. The maximum atomic E-state index is 13.7. The summed E-state index contributed by atoms with van der Waals surface area (Å²) in [5, 5.41) is 6.37. The molecule has 0 aliphatic carbocycles. The molecular weight excluding hydrogens is 344 g/mol. The van der Waals surface area contributed by atoms with Gasteiger partial charge in [-0.1, -0.05) is 12.1 Å². The van der Waals surface area contributed by atoms with Crippen molar-refractivity contribution in [2.24, 2.45) is 0 Å². The molecule has 0 unspecified atom stereocenters. The number of halogens is 2. The first-order valence-corrected chi connectivity index (χ1v) is 7.50. The number of methoxy groups -OCH3 is 1. The van der Waals surface area contributed by atoms with E-state index in [0.29, 0.717) is 0 Å². The molecule has 1 heterocycles. The van der Waals surface area contributed by atoms with E-state index in [9.17, 15) is 18.4 Å². The second-order valence-electron chi connectivity index (χ2n) is 5.22. The molecule has 6 nitrogen and oxygen atoms in total. The largest absolute Gasteiger partial charge is 0.494 e. The summed E-state index contributed by atoms with van der Waals surface area (Å²) in [5.41, 5.74) is -0.574. The van der Waals surface area contributed by atoms with Gasteiger partial charge >= 0.3 is 0 Å². The third kappa shape index (κ3) is 3.44. The highest BCUT2D eigenvalue weighted by Crippen LogP contribution is 2.18. The number of rotatable bonds is 4. The Morgan fingerprint density at radius 3 is 2.46 bits per heavy atom. The number of ether oxygens (including phenoxy) is 1. The van der Waals surface area contributed by atoms with Crippen LogP contribution in [0.1, 0.15) is 10.5 Å². The number of para-hydroxylation sites is 1. The molecule has 8 heteroatoms. The third-order valence-corrected chi connectivity index (χ3v) is 3.52. The van der Waals surface area contributed by atoms with Gasteiger partial charge in [-0.05, 0) is 36.4 Å². The van der Waals surface area contributed by atoms with Crippen molar-refractivity contribution in [1.29, 1.82) is 0 Å². The smallest absolute Gasteiger partial charge is 0.280 e. The summed E-state index contributed by atoms with van der Waals surface area (Å²) in [6.07, 6.45) is 0. The van der Waals surface area contributed by atoms with Crippen molar-refractivity contribution in [3.8, 4) is 11.4 Å². The van der Waals surface area contributed by atoms with Crippen molar-refractivity contribution < 1.29 is 18.3 Å². The fraction of sp³-hybridized carbons (Fsp3) is 0.0556. The van der Waals surface area contributed by atoms with E-state index in [1.54, 1.807) is 6.07 Å². The van der Waals surface area contributed by atoms with Gasteiger partial charge in [0.25, 0.3) is 11.5 Å². The van der Waals surface area contributed by atoms with Crippen LogP contribution in [-0.4, -0.2) is 22.8 Å². The lowest BCUT2D eigenvalue weighted by molar-refractivity contribution is 0.101. The van der Waals surface area contributed by atoms with Crippen molar-refractivity contribution in [3.63, 3.8) is 0 Å². The molecule has 26 heavy (non-hydrogen) atoms. The number of carbonyl (C=O) groups excluding carboxylic acids is 1. The molecule has 2 aromatic carbocycles. The third-order valence-electron chi connectivity index (χ3n) is 3.52. The number of hydrogen-bond donors (Lipinski definition) is 1. The lowest BCUT2D eigenvalue weighted by Gasteiger charge is -2.11. The second kappa shape index (κ2) is 7.14.